The van der Waals surface area contributed by atoms with Crippen molar-refractivity contribution in [3.05, 3.63) is 47.8 Å². The van der Waals surface area contributed by atoms with E-state index in [4.69, 9.17) is 4.74 Å². The Labute approximate surface area is 169 Å². The van der Waals surface area contributed by atoms with E-state index in [1.54, 1.807) is 18.9 Å². The minimum Gasteiger partial charge on any atom is -0.497 e. The topological polar surface area (TPSA) is 74.1 Å². The summed E-state index contributed by atoms with van der Waals surface area (Å²) in [5.74, 6) is 1.98. The molecule has 6 nitrogen and oxygen atoms in total. The maximum absolute atomic E-state index is 11.8. The summed E-state index contributed by atoms with van der Waals surface area (Å²) >= 11 is 1.63. The first kappa shape index (κ1) is 19.3. The molecule has 0 N–H and O–H groups in total. The van der Waals surface area contributed by atoms with Crippen LogP contribution in [0.1, 0.15) is 35.9 Å². The normalized spacial score (nSPS) is 19.8. The SMILES string of the molecule is COc1ccc2cc([C@H](C)Sc3nnc([C@@H]4CCS(=O)(=O)C4)n3C)ccc2c1. The van der Waals surface area contributed by atoms with E-state index in [2.05, 4.69) is 41.4 Å². The van der Waals surface area contributed by atoms with Crippen LogP contribution in [0.2, 0.25) is 0 Å². The minimum absolute atomic E-state index is 0.0530. The monoisotopic (exact) mass is 417 g/mol. The summed E-state index contributed by atoms with van der Waals surface area (Å²) in [6.07, 6.45) is 0.628. The van der Waals surface area contributed by atoms with Gasteiger partial charge < -0.3 is 9.30 Å². The summed E-state index contributed by atoms with van der Waals surface area (Å²) in [6, 6.07) is 12.5. The van der Waals surface area contributed by atoms with Crippen LogP contribution < -0.4 is 4.74 Å². The van der Waals surface area contributed by atoms with Gasteiger partial charge in [-0.2, -0.15) is 0 Å². The zero-order valence-electron chi connectivity index (χ0n) is 16.1. The van der Waals surface area contributed by atoms with Gasteiger partial charge in [-0.3, -0.25) is 0 Å². The Balaban J connectivity index is 1.54. The lowest BCUT2D eigenvalue weighted by Gasteiger charge is -2.13. The van der Waals surface area contributed by atoms with Crippen molar-refractivity contribution in [1.29, 1.82) is 0 Å². The molecule has 148 valence electrons. The fraction of sp³-hybridized carbons (Fsp3) is 0.400. The second kappa shape index (κ2) is 7.40. The first-order valence-corrected chi connectivity index (χ1v) is 11.9. The first-order chi connectivity index (χ1) is 13.4. The maximum atomic E-state index is 11.8. The summed E-state index contributed by atoms with van der Waals surface area (Å²) in [5.41, 5.74) is 1.20. The Morgan fingerprint density at radius 2 is 1.93 bits per heavy atom. The fourth-order valence-electron chi connectivity index (χ4n) is 3.63. The highest BCUT2D eigenvalue weighted by molar-refractivity contribution is 7.99. The molecule has 0 unspecified atom stereocenters. The molecule has 1 fully saturated rings. The number of fused-ring (bicyclic) bond motifs is 1. The number of sulfone groups is 1. The number of hydrogen-bond donors (Lipinski definition) is 0. The predicted octanol–water partition coefficient (Wildman–Crippen LogP) is 3.73. The fourth-order valence-corrected chi connectivity index (χ4v) is 6.31. The Kier molecular flexibility index (Phi) is 5.09. The third-order valence-corrected chi connectivity index (χ3v) is 8.25. The second-order valence-electron chi connectivity index (χ2n) is 7.23. The van der Waals surface area contributed by atoms with Crippen molar-refractivity contribution < 1.29 is 13.2 Å². The van der Waals surface area contributed by atoms with Gasteiger partial charge in [-0.15, -0.1) is 10.2 Å². The third kappa shape index (κ3) is 3.75. The number of rotatable bonds is 5. The van der Waals surface area contributed by atoms with Gasteiger partial charge in [-0.25, -0.2) is 8.42 Å². The standard InChI is InChI=1S/C20H23N3O3S2/c1-13(14-4-5-16-11-18(26-3)7-6-15(16)10-14)27-20-22-21-19(23(20)2)17-8-9-28(24,25)12-17/h4-7,10-11,13,17H,8-9,12H2,1-3H3/t13-,17+/m0/s1. The van der Waals surface area contributed by atoms with E-state index in [1.807, 2.05) is 23.7 Å². The quantitative estimate of drug-likeness (QED) is 0.589. The summed E-state index contributed by atoms with van der Waals surface area (Å²) < 4.78 is 30.8. The lowest BCUT2D eigenvalue weighted by atomic mass is 10.1. The molecule has 4 rings (SSSR count). The number of hydrogen-bond acceptors (Lipinski definition) is 6. The summed E-state index contributed by atoms with van der Waals surface area (Å²) in [7, 11) is 0.650. The van der Waals surface area contributed by atoms with E-state index in [1.165, 1.54) is 10.9 Å². The minimum atomic E-state index is -2.94. The molecule has 3 aromatic rings. The van der Waals surface area contributed by atoms with E-state index in [9.17, 15) is 8.42 Å². The zero-order chi connectivity index (χ0) is 19.9. The smallest absolute Gasteiger partial charge is 0.191 e. The van der Waals surface area contributed by atoms with E-state index in [-0.39, 0.29) is 22.7 Å². The van der Waals surface area contributed by atoms with Gasteiger partial charge >= 0.3 is 0 Å². The van der Waals surface area contributed by atoms with Crippen molar-refractivity contribution in [3.8, 4) is 5.75 Å². The Bertz CT molecular complexity index is 1120. The highest BCUT2D eigenvalue weighted by Gasteiger charge is 2.32. The first-order valence-electron chi connectivity index (χ1n) is 9.20. The largest absolute Gasteiger partial charge is 0.497 e. The number of thioether (sulfide) groups is 1. The maximum Gasteiger partial charge on any atom is 0.191 e. The molecule has 0 radical (unpaired) electrons. The molecule has 8 heteroatoms. The van der Waals surface area contributed by atoms with Gasteiger partial charge in [0, 0.05) is 18.2 Å². The van der Waals surface area contributed by atoms with Gasteiger partial charge in [0.05, 0.1) is 18.6 Å². The third-order valence-electron chi connectivity index (χ3n) is 5.29. The van der Waals surface area contributed by atoms with Crippen molar-refractivity contribution in [2.75, 3.05) is 18.6 Å². The van der Waals surface area contributed by atoms with Crippen LogP contribution in [0.5, 0.6) is 5.75 Å². The lowest BCUT2D eigenvalue weighted by Crippen LogP contribution is -2.09. The molecule has 0 aliphatic carbocycles. The van der Waals surface area contributed by atoms with Crippen LogP contribution >= 0.6 is 11.8 Å². The molecule has 0 bridgehead atoms. The second-order valence-corrected chi connectivity index (χ2v) is 10.8. The molecule has 1 aliphatic heterocycles. The summed E-state index contributed by atoms with van der Waals surface area (Å²) in [5, 5.41) is 11.9. The summed E-state index contributed by atoms with van der Waals surface area (Å²) in [6.45, 7) is 2.14. The molecule has 1 saturated heterocycles. The number of ether oxygens (including phenoxy) is 1. The molecule has 28 heavy (non-hydrogen) atoms. The predicted molar refractivity (Wildman–Crippen MR) is 112 cm³/mol. The van der Waals surface area contributed by atoms with Gasteiger partial charge in [0.1, 0.15) is 11.6 Å². The van der Waals surface area contributed by atoms with E-state index in [0.29, 0.717) is 6.42 Å². The molecular formula is C20H23N3O3S2. The number of methoxy groups -OCH3 is 1. The molecule has 2 atom stereocenters. The number of aromatic nitrogens is 3. The van der Waals surface area contributed by atoms with E-state index in [0.717, 1.165) is 22.1 Å². The zero-order valence-corrected chi connectivity index (χ0v) is 17.8. The molecule has 0 saturated carbocycles. The molecule has 0 spiro atoms. The Morgan fingerprint density at radius 1 is 1.18 bits per heavy atom. The van der Waals surface area contributed by atoms with Crippen LogP contribution in [0, 0.1) is 0 Å². The van der Waals surface area contributed by atoms with E-state index < -0.39 is 9.84 Å². The van der Waals surface area contributed by atoms with Crippen LogP contribution in [0.3, 0.4) is 0 Å². The molecule has 1 aromatic heterocycles. The highest BCUT2D eigenvalue weighted by Crippen LogP contribution is 2.37. The average Bonchev–Trinajstić information content (AvgIpc) is 3.22. The molecule has 2 aromatic carbocycles. The molecular weight excluding hydrogens is 394 g/mol. The molecule has 1 aliphatic rings. The van der Waals surface area contributed by atoms with Gasteiger partial charge in [0.15, 0.2) is 15.0 Å². The van der Waals surface area contributed by atoms with Crippen LogP contribution in [-0.4, -0.2) is 41.8 Å². The Hall–Kier alpha value is -2.06. The molecule has 2 heterocycles. The lowest BCUT2D eigenvalue weighted by molar-refractivity contribution is 0.415. The van der Waals surface area contributed by atoms with Crippen molar-refractivity contribution in [1.82, 2.24) is 14.8 Å². The van der Waals surface area contributed by atoms with Crippen molar-refractivity contribution in [2.24, 2.45) is 7.05 Å². The van der Waals surface area contributed by atoms with Gasteiger partial charge in [-0.05, 0) is 41.8 Å². The van der Waals surface area contributed by atoms with Crippen molar-refractivity contribution in [2.45, 2.75) is 29.7 Å². The van der Waals surface area contributed by atoms with Crippen LogP contribution in [0.4, 0.5) is 0 Å². The average molecular weight is 418 g/mol. The van der Waals surface area contributed by atoms with Gasteiger partial charge in [0.2, 0.25) is 0 Å². The number of benzene rings is 2. The van der Waals surface area contributed by atoms with Gasteiger partial charge in [0.25, 0.3) is 0 Å². The highest BCUT2D eigenvalue weighted by atomic mass is 32.2. The van der Waals surface area contributed by atoms with E-state index >= 15 is 0 Å². The van der Waals surface area contributed by atoms with Crippen molar-refractivity contribution >= 4 is 32.4 Å². The van der Waals surface area contributed by atoms with Crippen molar-refractivity contribution in [3.63, 3.8) is 0 Å². The van der Waals surface area contributed by atoms with Gasteiger partial charge in [-0.1, -0.05) is 36.0 Å². The van der Waals surface area contributed by atoms with Crippen LogP contribution in [0.25, 0.3) is 10.8 Å². The Morgan fingerprint density at radius 3 is 2.64 bits per heavy atom. The summed E-state index contributed by atoms with van der Waals surface area (Å²) in [4.78, 5) is 0. The number of nitrogens with zero attached hydrogens (tertiary/aromatic N) is 3. The van der Waals surface area contributed by atoms with Crippen LogP contribution in [-0.2, 0) is 16.9 Å². The van der Waals surface area contributed by atoms with Crippen LogP contribution in [0.15, 0.2) is 41.6 Å². The molecule has 0 amide bonds.